The first-order chi connectivity index (χ1) is 5.29. The van der Waals surface area contributed by atoms with Crippen molar-refractivity contribution >= 4 is 12.1 Å². The zero-order chi connectivity index (χ0) is 7.84. The molecule has 0 aromatic carbocycles. The van der Waals surface area contributed by atoms with Gasteiger partial charge in [-0.15, -0.1) is 0 Å². The summed E-state index contributed by atoms with van der Waals surface area (Å²) >= 11 is 0. The number of carbonyl (C=O) groups is 1. The van der Waals surface area contributed by atoms with Crippen molar-refractivity contribution in [3.05, 3.63) is 11.4 Å². The molecule has 11 heavy (non-hydrogen) atoms. The Morgan fingerprint density at radius 2 is 2.55 bits per heavy atom. The van der Waals surface area contributed by atoms with Crippen molar-refractivity contribution in [1.29, 1.82) is 0 Å². The molecule has 0 saturated carbocycles. The topological polar surface area (TPSA) is 41.5 Å². The summed E-state index contributed by atoms with van der Waals surface area (Å²) in [6.07, 6.45) is 3.81. The Balaban J connectivity index is 2.35. The third kappa shape index (κ3) is 0.878. The number of hydrogen-bond donors (Lipinski definition) is 1. The first-order valence-electron chi connectivity index (χ1n) is 3.85. The third-order valence-corrected chi connectivity index (χ3v) is 2.22. The summed E-state index contributed by atoms with van der Waals surface area (Å²) in [5.41, 5.74) is 1.18. The molecule has 1 N–H and O–H groups in total. The minimum absolute atomic E-state index is 0.0439. The largest absolute Gasteiger partial charge is 0.310 e. The number of aliphatic imine (C=N–C) groups is 1. The number of nitrogens with zero attached hydrogens (tertiary/aromatic N) is 1. The van der Waals surface area contributed by atoms with Gasteiger partial charge in [-0.1, -0.05) is 0 Å². The van der Waals surface area contributed by atoms with Crippen LogP contribution in [0, 0.1) is 5.92 Å². The van der Waals surface area contributed by atoms with Gasteiger partial charge >= 0.3 is 0 Å². The van der Waals surface area contributed by atoms with Gasteiger partial charge in [0, 0.05) is 6.21 Å². The zero-order valence-electron chi connectivity index (χ0n) is 6.42. The fourth-order valence-electron chi connectivity index (χ4n) is 1.49. The highest BCUT2D eigenvalue weighted by Gasteiger charge is 2.29. The molecule has 1 atom stereocenters. The van der Waals surface area contributed by atoms with Crippen molar-refractivity contribution in [1.82, 2.24) is 5.32 Å². The Kier molecular flexibility index (Phi) is 1.31. The molecule has 0 aromatic heterocycles. The number of carbonyl (C=O) groups excluding carboxylic acids is 1. The van der Waals surface area contributed by atoms with Crippen LogP contribution in [0.15, 0.2) is 16.4 Å². The lowest BCUT2D eigenvalue weighted by atomic mass is 9.98. The smallest absolute Gasteiger partial charge is 0.232 e. The molecule has 1 amide bonds. The van der Waals surface area contributed by atoms with Crippen molar-refractivity contribution in [3.8, 4) is 0 Å². The van der Waals surface area contributed by atoms with Crippen LogP contribution in [0.4, 0.5) is 0 Å². The van der Waals surface area contributed by atoms with Crippen LogP contribution in [0.1, 0.15) is 19.8 Å². The molecule has 0 saturated heterocycles. The van der Waals surface area contributed by atoms with Crippen LogP contribution in [-0.4, -0.2) is 12.1 Å². The van der Waals surface area contributed by atoms with Gasteiger partial charge < -0.3 is 5.32 Å². The van der Waals surface area contributed by atoms with Crippen molar-refractivity contribution in [2.75, 3.05) is 0 Å². The fraction of sp³-hybridized carbons (Fsp3) is 0.500. The van der Waals surface area contributed by atoms with Gasteiger partial charge in [0.05, 0.1) is 5.92 Å². The highest BCUT2D eigenvalue weighted by molar-refractivity contribution is 5.87. The van der Waals surface area contributed by atoms with Crippen molar-refractivity contribution in [2.45, 2.75) is 19.8 Å². The first-order valence-corrected chi connectivity index (χ1v) is 3.85. The number of rotatable bonds is 0. The van der Waals surface area contributed by atoms with E-state index in [-0.39, 0.29) is 11.8 Å². The Hall–Kier alpha value is -1.12. The zero-order valence-corrected chi connectivity index (χ0v) is 6.42. The molecule has 0 bridgehead atoms. The van der Waals surface area contributed by atoms with E-state index in [0.29, 0.717) is 0 Å². The average Bonchev–Trinajstić information content (AvgIpc) is 2.30. The van der Waals surface area contributed by atoms with Gasteiger partial charge in [-0.25, -0.2) is 4.99 Å². The molecule has 0 radical (unpaired) electrons. The molecule has 2 aliphatic heterocycles. The molecule has 0 aliphatic carbocycles. The van der Waals surface area contributed by atoms with Crippen molar-refractivity contribution < 1.29 is 4.79 Å². The van der Waals surface area contributed by atoms with E-state index in [4.69, 9.17) is 0 Å². The maximum atomic E-state index is 11.1. The lowest BCUT2D eigenvalue weighted by Gasteiger charge is -2.07. The summed E-state index contributed by atoms with van der Waals surface area (Å²) in [6, 6.07) is 0. The van der Waals surface area contributed by atoms with Gasteiger partial charge in [-0.05, 0) is 25.3 Å². The standard InChI is InChI=1S/C8H10N2O/c1-5-6-3-2-4-9-7(6)10-8(5)11/h4-5H,2-3H2,1H3,(H,10,11). The fourth-order valence-corrected chi connectivity index (χ4v) is 1.49. The molecule has 0 fully saturated rings. The molecule has 2 heterocycles. The summed E-state index contributed by atoms with van der Waals surface area (Å²) in [5, 5.41) is 2.75. The van der Waals surface area contributed by atoms with Crippen LogP contribution in [-0.2, 0) is 4.79 Å². The second-order valence-corrected chi connectivity index (χ2v) is 2.94. The van der Waals surface area contributed by atoms with Gasteiger partial charge in [0.15, 0.2) is 0 Å². The maximum absolute atomic E-state index is 11.1. The normalized spacial score (nSPS) is 28.8. The van der Waals surface area contributed by atoms with E-state index in [2.05, 4.69) is 10.3 Å². The summed E-state index contributed by atoms with van der Waals surface area (Å²) < 4.78 is 0. The molecule has 1 unspecified atom stereocenters. The summed E-state index contributed by atoms with van der Waals surface area (Å²) in [4.78, 5) is 15.2. The van der Waals surface area contributed by atoms with Crippen LogP contribution < -0.4 is 5.32 Å². The number of amides is 1. The van der Waals surface area contributed by atoms with E-state index in [9.17, 15) is 4.79 Å². The highest BCUT2D eigenvalue weighted by Crippen LogP contribution is 2.27. The molecule has 2 rings (SSSR count). The van der Waals surface area contributed by atoms with E-state index in [0.717, 1.165) is 18.7 Å². The minimum Gasteiger partial charge on any atom is -0.310 e. The van der Waals surface area contributed by atoms with Gasteiger partial charge in [0.1, 0.15) is 5.82 Å². The second kappa shape index (κ2) is 2.19. The Morgan fingerprint density at radius 1 is 1.73 bits per heavy atom. The van der Waals surface area contributed by atoms with Crippen LogP contribution >= 0.6 is 0 Å². The van der Waals surface area contributed by atoms with E-state index >= 15 is 0 Å². The van der Waals surface area contributed by atoms with Gasteiger partial charge in [0.2, 0.25) is 5.91 Å². The minimum atomic E-state index is 0.0439. The first kappa shape index (κ1) is 6.58. The average molecular weight is 150 g/mol. The van der Waals surface area contributed by atoms with Crippen LogP contribution in [0.25, 0.3) is 0 Å². The van der Waals surface area contributed by atoms with Gasteiger partial charge in [0.25, 0.3) is 0 Å². The van der Waals surface area contributed by atoms with Crippen molar-refractivity contribution in [2.24, 2.45) is 10.9 Å². The maximum Gasteiger partial charge on any atom is 0.232 e. The van der Waals surface area contributed by atoms with Crippen molar-refractivity contribution in [3.63, 3.8) is 0 Å². The predicted octanol–water partition coefficient (Wildman–Crippen LogP) is 0.829. The number of hydrogen-bond acceptors (Lipinski definition) is 2. The molecule has 0 aromatic rings. The highest BCUT2D eigenvalue weighted by atomic mass is 16.2. The second-order valence-electron chi connectivity index (χ2n) is 2.94. The summed E-state index contributed by atoms with van der Waals surface area (Å²) in [7, 11) is 0. The van der Waals surface area contributed by atoms with Gasteiger partial charge in [-0.3, -0.25) is 4.79 Å². The SMILES string of the molecule is CC1C(=O)NC2=C1CCC=N2. The van der Waals surface area contributed by atoms with E-state index in [1.165, 1.54) is 5.57 Å². The van der Waals surface area contributed by atoms with Crippen LogP contribution in [0.5, 0.6) is 0 Å². The summed E-state index contributed by atoms with van der Waals surface area (Å²) in [6.45, 7) is 1.93. The molecule has 3 heteroatoms. The predicted molar refractivity (Wildman–Crippen MR) is 42.1 cm³/mol. The molecule has 58 valence electrons. The lowest BCUT2D eigenvalue weighted by Crippen LogP contribution is -2.19. The molecule has 2 aliphatic rings. The lowest BCUT2D eigenvalue weighted by molar-refractivity contribution is -0.121. The third-order valence-electron chi connectivity index (χ3n) is 2.22. The van der Waals surface area contributed by atoms with Gasteiger partial charge in [-0.2, -0.15) is 0 Å². The van der Waals surface area contributed by atoms with Crippen LogP contribution in [0.2, 0.25) is 0 Å². The Bertz CT molecular complexity index is 265. The molecular weight excluding hydrogens is 140 g/mol. The van der Waals surface area contributed by atoms with E-state index < -0.39 is 0 Å². The molecular formula is C8H10N2O. The molecule has 3 nitrogen and oxygen atoms in total. The Labute approximate surface area is 65.2 Å². The van der Waals surface area contributed by atoms with Crippen LogP contribution in [0.3, 0.4) is 0 Å². The summed E-state index contributed by atoms with van der Waals surface area (Å²) in [5.74, 6) is 0.935. The van der Waals surface area contributed by atoms with E-state index in [1.807, 2.05) is 13.1 Å². The number of nitrogens with one attached hydrogen (secondary N) is 1. The monoisotopic (exact) mass is 150 g/mol. The Morgan fingerprint density at radius 3 is 3.27 bits per heavy atom. The quantitative estimate of drug-likeness (QED) is 0.546. The van der Waals surface area contributed by atoms with E-state index in [1.54, 1.807) is 0 Å². The molecule has 0 spiro atoms.